The summed E-state index contributed by atoms with van der Waals surface area (Å²) in [4.78, 5) is 0.0890. The summed E-state index contributed by atoms with van der Waals surface area (Å²) >= 11 is 5.96. The number of rotatable bonds is 4. The van der Waals surface area contributed by atoms with Crippen LogP contribution in [0.15, 0.2) is 89.8 Å². The zero-order chi connectivity index (χ0) is 20.6. The first-order valence-electron chi connectivity index (χ1n) is 8.93. The summed E-state index contributed by atoms with van der Waals surface area (Å²) in [6.45, 7) is 1.88. The molecule has 4 rings (SSSR count). The lowest BCUT2D eigenvalue weighted by Crippen LogP contribution is -2.15. The highest BCUT2D eigenvalue weighted by atomic mass is 35.5. The molecule has 0 spiro atoms. The molecule has 29 heavy (non-hydrogen) atoms. The first-order chi connectivity index (χ1) is 13.9. The molecule has 3 nitrogen and oxygen atoms in total. The van der Waals surface area contributed by atoms with Gasteiger partial charge in [-0.1, -0.05) is 71.8 Å². The molecule has 0 saturated carbocycles. The Morgan fingerprint density at radius 2 is 1.45 bits per heavy atom. The number of aromatic nitrogens is 1. The van der Waals surface area contributed by atoms with Crippen LogP contribution in [0.5, 0.6) is 0 Å². The van der Waals surface area contributed by atoms with Crippen molar-refractivity contribution < 1.29 is 12.8 Å². The van der Waals surface area contributed by atoms with Gasteiger partial charge in [0.2, 0.25) is 0 Å². The molecule has 4 aromatic rings. The summed E-state index contributed by atoms with van der Waals surface area (Å²) in [7, 11) is -4.06. The Bertz CT molecular complexity index is 1260. The van der Waals surface area contributed by atoms with Gasteiger partial charge in [0.25, 0.3) is 10.0 Å². The van der Waals surface area contributed by atoms with E-state index in [2.05, 4.69) is 0 Å². The molecule has 3 aromatic carbocycles. The lowest BCUT2D eigenvalue weighted by molar-refractivity contribution is 0.586. The SMILES string of the molecule is Cc1ccc(S(=O)(=O)n2c(-c3ccccc3)cc(F)c2-c2ccc(Cl)cc2)cc1. The average Bonchev–Trinajstić information content (AvgIpc) is 3.07. The van der Waals surface area contributed by atoms with E-state index in [9.17, 15) is 8.42 Å². The summed E-state index contributed by atoms with van der Waals surface area (Å²) < 4.78 is 43.4. The van der Waals surface area contributed by atoms with Crippen LogP contribution in [0, 0.1) is 12.7 Å². The van der Waals surface area contributed by atoms with Crippen LogP contribution in [0.3, 0.4) is 0 Å². The molecule has 0 aliphatic rings. The predicted molar refractivity (Wildman–Crippen MR) is 114 cm³/mol. The number of halogens is 2. The van der Waals surface area contributed by atoms with E-state index >= 15 is 4.39 Å². The van der Waals surface area contributed by atoms with E-state index in [1.54, 1.807) is 60.7 Å². The van der Waals surface area contributed by atoms with Gasteiger partial charge in [0.15, 0.2) is 5.82 Å². The van der Waals surface area contributed by atoms with Gasteiger partial charge in [0.05, 0.1) is 10.6 Å². The molecule has 0 aliphatic heterocycles. The molecule has 0 unspecified atom stereocenters. The normalized spacial score (nSPS) is 11.6. The highest BCUT2D eigenvalue weighted by molar-refractivity contribution is 7.90. The molecule has 0 radical (unpaired) electrons. The Hall–Kier alpha value is -2.89. The Kier molecular flexibility index (Phi) is 5.03. The Morgan fingerprint density at radius 1 is 0.828 bits per heavy atom. The summed E-state index contributed by atoms with van der Waals surface area (Å²) in [5.41, 5.74) is 2.19. The van der Waals surface area contributed by atoms with Crippen LogP contribution in [0.25, 0.3) is 22.5 Å². The first kappa shape index (κ1) is 19.4. The maximum atomic E-state index is 15.1. The fourth-order valence-electron chi connectivity index (χ4n) is 3.20. The Labute approximate surface area is 174 Å². The van der Waals surface area contributed by atoms with Crippen LogP contribution < -0.4 is 0 Å². The average molecular weight is 426 g/mol. The van der Waals surface area contributed by atoms with Crippen molar-refractivity contribution in [2.24, 2.45) is 0 Å². The van der Waals surface area contributed by atoms with Crippen LogP contribution >= 0.6 is 11.6 Å². The van der Waals surface area contributed by atoms with Crippen molar-refractivity contribution in [2.45, 2.75) is 11.8 Å². The minimum atomic E-state index is -4.06. The summed E-state index contributed by atoms with van der Waals surface area (Å²) in [5.74, 6) is -0.623. The van der Waals surface area contributed by atoms with Crippen molar-refractivity contribution in [1.29, 1.82) is 0 Å². The summed E-state index contributed by atoms with van der Waals surface area (Å²) in [6, 6.07) is 23.1. The number of hydrogen-bond donors (Lipinski definition) is 0. The van der Waals surface area contributed by atoms with Gasteiger partial charge in [-0.15, -0.1) is 0 Å². The molecule has 0 saturated heterocycles. The fourth-order valence-corrected chi connectivity index (χ4v) is 4.87. The lowest BCUT2D eigenvalue weighted by atomic mass is 10.1. The molecule has 0 amide bonds. The van der Waals surface area contributed by atoms with Crippen molar-refractivity contribution in [3.63, 3.8) is 0 Å². The predicted octanol–water partition coefficient (Wildman–Crippen LogP) is 6.16. The number of aryl methyl sites for hydroxylation is 1. The van der Waals surface area contributed by atoms with E-state index in [-0.39, 0.29) is 16.3 Å². The number of benzene rings is 3. The molecular weight excluding hydrogens is 409 g/mol. The third kappa shape index (κ3) is 3.59. The van der Waals surface area contributed by atoms with Gasteiger partial charge < -0.3 is 0 Å². The summed E-state index contributed by atoms with van der Waals surface area (Å²) in [5, 5.41) is 0.483. The molecule has 0 bridgehead atoms. The Balaban J connectivity index is 2.04. The van der Waals surface area contributed by atoms with Crippen LogP contribution in [0.1, 0.15) is 5.56 Å². The van der Waals surface area contributed by atoms with E-state index < -0.39 is 15.8 Å². The monoisotopic (exact) mass is 425 g/mol. The molecule has 0 aliphatic carbocycles. The highest BCUT2D eigenvalue weighted by Crippen LogP contribution is 2.36. The van der Waals surface area contributed by atoms with Crippen LogP contribution in [0.4, 0.5) is 4.39 Å². The molecule has 1 heterocycles. The largest absolute Gasteiger partial charge is 0.268 e. The highest BCUT2D eigenvalue weighted by Gasteiger charge is 2.28. The molecule has 1 aromatic heterocycles. The second-order valence-electron chi connectivity index (χ2n) is 6.68. The second-order valence-corrected chi connectivity index (χ2v) is 8.90. The summed E-state index contributed by atoms with van der Waals surface area (Å²) in [6.07, 6.45) is 0. The van der Waals surface area contributed by atoms with E-state index in [1.807, 2.05) is 13.0 Å². The maximum Gasteiger partial charge on any atom is 0.268 e. The topological polar surface area (TPSA) is 39.1 Å². The first-order valence-corrected chi connectivity index (χ1v) is 10.7. The fraction of sp³-hybridized carbons (Fsp3) is 0.0435. The van der Waals surface area contributed by atoms with Crippen LogP contribution in [-0.4, -0.2) is 12.4 Å². The smallest absolute Gasteiger partial charge is 0.230 e. The zero-order valence-corrected chi connectivity index (χ0v) is 17.1. The van der Waals surface area contributed by atoms with E-state index in [0.717, 1.165) is 9.54 Å². The van der Waals surface area contributed by atoms with Crippen molar-refractivity contribution in [3.05, 3.63) is 101 Å². The van der Waals surface area contributed by atoms with Crippen molar-refractivity contribution in [3.8, 4) is 22.5 Å². The lowest BCUT2D eigenvalue weighted by Gasteiger charge is -2.15. The van der Waals surface area contributed by atoms with Gasteiger partial charge >= 0.3 is 0 Å². The molecule has 146 valence electrons. The molecule has 0 fully saturated rings. The number of nitrogens with zero attached hydrogens (tertiary/aromatic N) is 1. The van der Waals surface area contributed by atoms with Gasteiger partial charge in [-0.05, 0) is 36.8 Å². The minimum absolute atomic E-state index is 0.0268. The van der Waals surface area contributed by atoms with Gasteiger partial charge in [-0.2, -0.15) is 0 Å². The number of hydrogen-bond acceptors (Lipinski definition) is 2. The second kappa shape index (κ2) is 7.50. The minimum Gasteiger partial charge on any atom is -0.230 e. The van der Waals surface area contributed by atoms with Crippen LogP contribution in [-0.2, 0) is 10.0 Å². The molecule has 0 N–H and O–H groups in total. The molecular formula is C23H17ClFNO2S. The van der Waals surface area contributed by atoms with Crippen molar-refractivity contribution in [2.75, 3.05) is 0 Å². The third-order valence-electron chi connectivity index (χ3n) is 4.66. The Morgan fingerprint density at radius 3 is 2.07 bits per heavy atom. The van der Waals surface area contributed by atoms with Gasteiger partial charge in [0, 0.05) is 16.7 Å². The zero-order valence-electron chi connectivity index (χ0n) is 15.5. The maximum absolute atomic E-state index is 15.1. The van der Waals surface area contributed by atoms with Crippen molar-refractivity contribution >= 4 is 21.6 Å². The van der Waals surface area contributed by atoms with Crippen molar-refractivity contribution in [1.82, 2.24) is 3.97 Å². The van der Waals surface area contributed by atoms with E-state index in [4.69, 9.17) is 11.6 Å². The van der Waals surface area contributed by atoms with Gasteiger partial charge in [-0.25, -0.2) is 16.8 Å². The van der Waals surface area contributed by atoms with Gasteiger partial charge in [0.1, 0.15) is 5.69 Å². The van der Waals surface area contributed by atoms with E-state index in [1.165, 1.54) is 18.2 Å². The van der Waals surface area contributed by atoms with Gasteiger partial charge in [-0.3, -0.25) is 0 Å². The molecule has 6 heteroatoms. The standard InChI is InChI=1S/C23H17ClFNO2S/c1-16-7-13-20(14-8-16)29(27,28)26-22(17-5-3-2-4-6-17)15-21(25)23(26)18-9-11-19(24)12-10-18/h2-15H,1H3. The third-order valence-corrected chi connectivity index (χ3v) is 6.64. The molecule has 0 atom stereocenters. The quantitative estimate of drug-likeness (QED) is 0.392. The van der Waals surface area contributed by atoms with Crippen LogP contribution in [0.2, 0.25) is 5.02 Å². The van der Waals surface area contributed by atoms with E-state index in [0.29, 0.717) is 16.1 Å².